The number of hydrogen-bond acceptors (Lipinski definition) is 3. The van der Waals surface area contributed by atoms with Crippen molar-refractivity contribution >= 4 is 0 Å². The number of piperidine rings is 1. The molecule has 0 radical (unpaired) electrons. The summed E-state index contributed by atoms with van der Waals surface area (Å²) in [6, 6.07) is 0. The summed E-state index contributed by atoms with van der Waals surface area (Å²) in [5, 5.41) is 2.72. The highest BCUT2D eigenvalue weighted by Gasteiger charge is 2.43. The number of nitrogens with two attached hydrogens (primary N) is 1. The molecule has 2 heterocycles. The number of hydrogen-bond donors (Lipinski definition) is 1. The van der Waals surface area contributed by atoms with E-state index in [0.29, 0.717) is 18.5 Å². The van der Waals surface area contributed by atoms with Gasteiger partial charge in [0.1, 0.15) is 0 Å². The Morgan fingerprint density at radius 2 is 1.73 bits per heavy atom. The Morgan fingerprint density at radius 3 is 2.18 bits per heavy atom. The first-order chi connectivity index (χ1) is 5.20. The summed E-state index contributed by atoms with van der Waals surface area (Å²) in [5.41, 5.74) is 0.372. The monoisotopic (exact) mass is 159 g/mol. The van der Waals surface area contributed by atoms with E-state index in [2.05, 4.69) is 0 Å². The molecular weight excluding hydrogens is 145 g/mol. The average molecular weight is 159 g/mol. The summed E-state index contributed by atoms with van der Waals surface area (Å²) in [4.78, 5) is 0. The molecule has 1 spiro atoms. The van der Waals surface area contributed by atoms with Crippen LogP contribution in [0, 0.1) is 5.41 Å². The molecule has 0 amide bonds. The molecule has 0 bridgehead atoms. The molecule has 2 saturated heterocycles. The van der Waals surface area contributed by atoms with Gasteiger partial charge in [-0.05, 0) is 12.8 Å². The first-order valence-corrected chi connectivity index (χ1v) is 4.11. The van der Waals surface area contributed by atoms with Crippen molar-refractivity contribution in [3.05, 3.63) is 0 Å². The van der Waals surface area contributed by atoms with Crippen LogP contribution in [0.3, 0.4) is 0 Å². The van der Waals surface area contributed by atoms with Gasteiger partial charge in [-0.15, -0.1) is 9.60 Å². The minimum Gasteiger partial charge on any atom is -0.269 e. The predicted octanol–water partition coefficient (Wildman–Crippen LogP) is 0.142. The van der Waals surface area contributed by atoms with E-state index in [1.807, 2.05) is 5.01 Å². The summed E-state index contributed by atoms with van der Waals surface area (Å²) in [7, 11) is 0. The van der Waals surface area contributed by atoms with Crippen molar-refractivity contribution in [1.82, 2.24) is 10.1 Å². The molecule has 11 heavy (non-hydrogen) atoms. The molecule has 4 heteroatoms. The summed E-state index contributed by atoms with van der Waals surface area (Å²) in [6.45, 7) is 3.10. The van der Waals surface area contributed by atoms with E-state index in [1.165, 1.54) is 0 Å². The number of halogens is 1. The fourth-order valence-electron chi connectivity index (χ4n) is 2.09. The van der Waals surface area contributed by atoms with E-state index in [0.717, 1.165) is 31.1 Å². The number of nitrogens with zero attached hydrogens (tertiary/aromatic N) is 2. The lowest BCUT2D eigenvalue weighted by molar-refractivity contribution is -0.0955. The minimum atomic E-state index is 0.372. The van der Waals surface area contributed by atoms with Gasteiger partial charge in [0.25, 0.3) is 0 Å². The molecule has 0 atom stereocenters. The molecule has 0 unspecified atom stereocenters. The van der Waals surface area contributed by atoms with E-state index < -0.39 is 0 Å². The molecule has 3 nitrogen and oxygen atoms in total. The molecule has 2 fully saturated rings. The smallest absolute Gasteiger partial charge is 0.0296 e. The first kappa shape index (κ1) is 7.46. The highest BCUT2D eigenvalue weighted by Crippen LogP contribution is 2.38. The van der Waals surface area contributed by atoms with Gasteiger partial charge in [0.15, 0.2) is 0 Å². The summed E-state index contributed by atoms with van der Waals surface area (Å²) in [6.07, 6.45) is 1.94. The van der Waals surface area contributed by atoms with Crippen molar-refractivity contribution < 1.29 is 4.48 Å². The minimum absolute atomic E-state index is 0.372. The van der Waals surface area contributed by atoms with Crippen molar-refractivity contribution in [1.29, 1.82) is 0 Å². The van der Waals surface area contributed by atoms with Gasteiger partial charge in [0.2, 0.25) is 0 Å². The Labute approximate surface area is 65.8 Å². The van der Waals surface area contributed by atoms with Crippen LogP contribution < -0.4 is 5.84 Å². The molecule has 0 saturated carbocycles. The lowest BCUT2D eigenvalue weighted by Crippen LogP contribution is -2.62. The standard InChI is InChI=1S/C7H14FN3/c8-10-3-1-7(2-4-10)5-11(9)6-7/h1-6,9H2. The van der Waals surface area contributed by atoms with E-state index in [1.54, 1.807) is 0 Å². The van der Waals surface area contributed by atoms with Gasteiger partial charge in [0, 0.05) is 31.6 Å². The molecule has 0 aromatic carbocycles. The molecule has 2 N–H and O–H groups in total. The molecule has 2 aliphatic heterocycles. The van der Waals surface area contributed by atoms with E-state index in [4.69, 9.17) is 5.84 Å². The van der Waals surface area contributed by atoms with Crippen LogP contribution in [0.5, 0.6) is 0 Å². The third kappa shape index (κ3) is 1.26. The van der Waals surface area contributed by atoms with Crippen LogP contribution >= 0.6 is 0 Å². The van der Waals surface area contributed by atoms with Gasteiger partial charge in [0.05, 0.1) is 0 Å². The van der Waals surface area contributed by atoms with Crippen molar-refractivity contribution in [2.75, 3.05) is 26.2 Å². The molecule has 2 aliphatic rings. The average Bonchev–Trinajstić information content (AvgIpc) is 1.92. The zero-order chi connectivity index (χ0) is 7.90. The van der Waals surface area contributed by atoms with Gasteiger partial charge in [-0.25, -0.2) is 5.01 Å². The zero-order valence-corrected chi connectivity index (χ0v) is 6.59. The Bertz CT molecular complexity index is 146. The van der Waals surface area contributed by atoms with Crippen molar-refractivity contribution in [2.24, 2.45) is 11.3 Å². The van der Waals surface area contributed by atoms with Crippen LogP contribution in [0.2, 0.25) is 0 Å². The van der Waals surface area contributed by atoms with Gasteiger partial charge in [-0.1, -0.05) is 0 Å². The summed E-state index contributed by atoms with van der Waals surface area (Å²) in [5.74, 6) is 5.54. The predicted molar refractivity (Wildman–Crippen MR) is 40.1 cm³/mol. The topological polar surface area (TPSA) is 32.5 Å². The van der Waals surface area contributed by atoms with E-state index in [9.17, 15) is 4.48 Å². The second-order valence-electron chi connectivity index (χ2n) is 3.81. The first-order valence-electron chi connectivity index (χ1n) is 4.11. The molecule has 0 aromatic heterocycles. The second-order valence-corrected chi connectivity index (χ2v) is 3.81. The molecule has 64 valence electrons. The van der Waals surface area contributed by atoms with Crippen molar-refractivity contribution in [3.63, 3.8) is 0 Å². The second kappa shape index (κ2) is 2.40. The lowest BCUT2D eigenvalue weighted by atomic mass is 9.73. The van der Waals surface area contributed by atoms with E-state index in [-0.39, 0.29) is 0 Å². The van der Waals surface area contributed by atoms with Crippen LogP contribution in [0.15, 0.2) is 0 Å². The van der Waals surface area contributed by atoms with E-state index >= 15 is 0 Å². The van der Waals surface area contributed by atoms with Crippen molar-refractivity contribution in [3.8, 4) is 0 Å². The maximum atomic E-state index is 12.6. The third-order valence-electron chi connectivity index (χ3n) is 2.85. The van der Waals surface area contributed by atoms with Gasteiger partial charge < -0.3 is 0 Å². The Kier molecular flexibility index (Phi) is 1.63. The van der Waals surface area contributed by atoms with Crippen LogP contribution in [0.4, 0.5) is 4.48 Å². The van der Waals surface area contributed by atoms with Crippen LogP contribution in [-0.4, -0.2) is 36.3 Å². The lowest BCUT2D eigenvalue weighted by Gasteiger charge is -2.51. The largest absolute Gasteiger partial charge is 0.269 e. The molecular formula is C7H14FN3. The Hall–Kier alpha value is -0.190. The molecule has 0 aliphatic carbocycles. The van der Waals surface area contributed by atoms with Crippen LogP contribution in [-0.2, 0) is 0 Å². The fourth-order valence-corrected chi connectivity index (χ4v) is 2.09. The maximum absolute atomic E-state index is 12.6. The van der Waals surface area contributed by atoms with Crippen LogP contribution in [0.1, 0.15) is 12.8 Å². The number of rotatable bonds is 0. The molecule has 0 aromatic rings. The van der Waals surface area contributed by atoms with Gasteiger partial charge in [-0.3, -0.25) is 5.84 Å². The van der Waals surface area contributed by atoms with Gasteiger partial charge in [-0.2, -0.15) is 0 Å². The van der Waals surface area contributed by atoms with Crippen molar-refractivity contribution in [2.45, 2.75) is 12.8 Å². The third-order valence-corrected chi connectivity index (χ3v) is 2.85. The SMILES string of the molecule is NN1CC2(CCN(F)CC2)C1. The number of hydrazine groups is 1. The summed E-state index contributed by atoms with van der Waals surface area (Å²) < 4.78 is 12.6. The van der Waals surface area contributed by atoms with Gasteiger partial charge >= 0.3 is 0 Å². The zero-order valence-electron chi connectivity index (χ0n) is 6.59. The summed E-state index contributed by atoms with van der Waals surface area (Å²) >= 11 is 0. The normalized spacial score (nSPS) is 32.2. The Morgan fingerprint density at radius 1 is 1.18 bits per heavy atom. The Balaban J connectivity index is 1.88. The van der Waals surface area contributed by atoms with Crippen LogP contribution in [0.25, 0.3) is 0 Å². The highest BCUT2D eigenvalue weighted by atomic mass is 19.2. The highest BCUT2D eigenvalue weighted by molar-refractivity contribution is 4.95. The fraction of sp³-hybridized carbons (Fsp3) is 1.00. The molecule has 2 rings (SSSR count). The maximum Gasteiger partial charge on any atom is 0.0296 e. The quantitative estimate of drug-likeness (QED) is 0.403.